The van der Waals surface area contributed by atoms with Crippen molar-refractivity contribution in [1.29, 1.82) is 0 Å². The van der Waals surface area contributed by atoms with Crippen LogP contribution in [-0.2, 0) is 4.79 Å². The molecule has 0 spiro atoms. The first-order valence-electron chi connectivity index (χ1n) is 6.01. The predicted octanol–water partition coefficient (Wildman–Crippen LogP) is 1.46. The van der Waals surface area contributed by atoms with Crippen molar-refractivity contribution in [3.63, 3.8) is 0 Å². The van der Waals surface area contributed by atoms with Gasteiger partial charge < -0.3 is 15.2 Å². The summed E-state index contributed by atoms with van der Waals surface area (Å²) in [5.41, 5.74) is 0.198. The summed E-state index contributed by atoms with van der Waals surface area (Å²) in [5.74, 6) is 0.433. The molecule has 18 heavy (non-hydrogen) atoms. The van der Waals surface area contributed by atoms with Crippen molar-refractivity contribution in [2.75, 3.05) is 18.5 Å². The van der Waals surface area contributed by atoms with E-state index >= 15 is 0 Å². The van der Waals surface area contributed by atoms with Crippen molar-refractivity contribution >= 4 is 11.8 Å². The summed E-state index contributed by atoms with van der Waals surface area (Å²) in [5, 5.41) is 12.2. The SMILES string of the molecule is CCOc1ncnc(NCC2(C(=O)O)CC2)c1C. The van der Waals surface area contributed by atoms with Crippen LogP contribution >= 0.6 is 0 Å². The lowest BCUT2D eigenvalue weighted by Gasteiger charge is -2.14. The smallest absolute Gasteiger partial charge is 0.311 e. The van der Waals surface area contributed by atoms with Crippen molar-refractivity contribution in [3.05, 3.63) is 11.9 Å². The zero-order valence-corrected chi connectivity index (χ0v) is 10.6. The molecule has 2 N–H and O–H groups in total. The Kier molecular flexibility index (Phi) is 3.36. The maximum atomic E-state index is 11.1. The number of nitrogens with one attached hydrogen (secondary N) is 1. The molecule has 0 aliphatic heterocycles. The standard InChI is InChI=1S/C12H17N3O3/c1-3-18-10-8(2)9(14-7-15-10)13-6-12(4-5-12)11(16)17/h7H,3-6H2,1-2H3,(H,16,17)(H,13,14,15). The minimum absolute atomic E-state index is 0.395. The normalized spacial score (nSPS) is 16.1. The number of hydrogen-bond acceptors (Lipinski definition) is 5. The number of hydrogen-bond donors (Lipinski definition) is 2. The van der Waals surface area contributed by atoms with Gasteiger partial charge in [0.25, 0.3) is 0 Å². The monoisotopic (exact) mass is 251 g/mol. The van der Waals surface area contributed by atoms with E-state index < -0.39 is 11.4 Å². The van der Waals surface area contributed by atoms with Gasteiger partial charge in [-0.25, -0.2) is 9.97 Å². The van der Waals surface area contributed by atoms with Gasteiger partial charge in [0.15, 0.2) is 0 Å². The molecule has 0 bridgehead atoms. The average Bonchev–Trinajstić information content (AvgIpc) is 3.12. The number of carbonyl (C=O) groups is 1. The summed E-state index contributed by atoms with van der Waals surface area (Å²) in [6.07, 6.45) is 2.86. The molecule has 1 aliphatic carbocycles. The molecule has 6 nitrogen and oxygen atoms in total. The Bertz CT molecular complexity index is 458. The van der Waals surface area contributed by atoms with Gasteiger partial charge in [-0.3, -0.25) is 4.79 Å². The number of ether oxygens (including phenoxy) is 1. The van der Waals surface area contributed by atoms with Crippen LogP contribution in [0.5, 0.6) is 5.88 Å². The van der Waals surface area contributed by atoms with Crippen LogP contribution in [0.1, 0.15) is 25.3 Å². The Morgan fingerprint density at radius 3 is 2.83 bits per heavy atom. The first-order valence-corrected chi connectivity index (χ1v) is 6.01. The van der Waals surface area contributed by atoms with Gasteiger partial charge in [0.2, 0.25) is 5.88 Å². The second kappa shape index (κ2) is 4.80. The fourth-order valence-corrected chi connectivity index (χ4v) is 1.76. The Balaban J connectivity index is 2.06. The predicted molar refractivity (Wildman–Crippen MR) is 65.7 cm³/mol. The molecule has 1 fully saturated rings. The largest absolute Gasteiger partial charge is 0.481 e. The molecule has 1 saturated carbocycles. The Morgan fingerprint density at radius 1 is 1.56 bits per heavy atom. The van der Waals surface area contributed by atoms with Crippen molar-refractivity contribution < 1.29 is 14.6 Å². The van der Waals surface area contributed by atoms with Gasteiger partial charge in [-0.1, -0.05) is 0 Å². The van der Waals surface area contributed by atoms with Gasteiger partial charge in [0.1, 0.15) is 12.1 Å². The van der Waals surface area contributed by atoms with Crippen LogP contribution in [0.25, 0.3) is 0 Å². The molecule has 98 valence electrons. The van der Waals surface area contributed by atoms with Crippen molar-refractivity contribution in [2.24, 2.45) is 5.41 Å². The van der Waals surface area contributed by atoms with Crippen molar-refractivity contribution in [3.8, 4) is 5.88 Å². The molecular weight excluding hydrogens is 234 g/mol. The fourth-order valence-electron chi connectivity index (χ4n) is 1.76. The van der Waals surface area contributed by atoms with Crippen LogP contribution in [-0.4, -0.2) is 34.2 Å². The van der Waals surface area contributed by atoms with Crippen LogP contribution in [0.2, 0.25) is 0 Å². The van der Waals surface area contributed by atoms with E-state index in [-0.39, 0.29) is 0 Å². The topological polar surface area (TPSA) is 84.3 Å². The van der Waals surface area contributed by atoms with Crippen LogP contribution in [0.3, 0.4) is 0 Å². The molecule has 0 unspecified atom stereocenters. The molecule has 0 aromatic carbocycles. The van der Waals surface area contributed by atoms with E-state index in [9.17, 15) is 4.79 Å². The number of anilines is 1. The third-order valence-corrected chi connectivity index (χ3v) is 3.22. The molecule has 6 heteroatoms. The van der Waals surface area contributed by atoms with Crippen LogP contribution in [0, 0.1) is 12.3 Å². The fraction of sp³-hybridized carbons (Fsp3) is 0.583. The van der Waals surface area contributed by atoms with Gasteiger partial charge in [-0.15, -0.1) is 0 Å². The van der Waals surface area contributed by atoms with E-state index in [1.54, 1.807) is 0 Å². The van der Waals surface area contributed by atoms with E-state index in [1.807, 2.05) is 13.8 Å². The summed E-state index contributed by atoms with van der Waals surface area (Å²) < 4.78 is 5.36. The van der Waals surface area contributed by atoms with Gasteiger partial charge in [0, 0.05) is 6.54 Å². The van der Waals surface area contributed by atoms with Crippen molar-refractivity contribution in [2.45, 2.75) is 26.7 Å². The maximum Gasteiger partial charge on any atom is 0.311 e. The second-order valence-electron chi connectivity index (χ2n) is 4.52. The lowest BCUT2D eigenvalue weighted by Crippen LogP contribution is -2.25. The summed E-state index contributed by atoms with van der Waals surface area (Å²) in [4.78, 5) is 19.2. The molecule has 1 aromatic heterocycles. The quantitative estimate of drug-likeness (QED) is 0.796. The first-order chi connectivity index (χ1) is 8.59. The lowest BCUT2D eigenvalue weighted by molar-refractivity contribution is -0.142. The summed E-state index contributed by atoms with van der Waals surface area (Å²) in [6.45, 7) is 4.67. The van der Waals surface area contributed by atoms with Gasteiger partial charge in [-0.2, -0.15) is 0 Å². The van der Waals surface area contributed by atoms with Gasteiger partial charge in [-0.05, 0) is 26.7 Å². The molecule has 1 aromatic rings. The number of aromatic nitrogens is 2. The molecular formula is C12H17N3O3. The van der Waals surface area contributed by atoms with Crippen LogP contribution in [0.15, 0.2) is 6.33 Å². The summed E-state index contributed by atoms with van der Waals surface area (Å²) in [7, 11) is 0. The minimum atomic E-state index is -0.744. The van der Waals surface area contributed by atoms with Crippen LogP contribution < -0.4 is 10.1 Å². The van der Waals surface area contributed by atoms with Gasteiger partial charge >= 0.3 is 5.97 Å². The highest BCUT2D eigenvalue weighted by atomic mass is 16.5. The Hall–Kier alpha value is -1.85. The third-order valence-electron chi connectivity index (χ3n) is 3.22. The Labute approximate surface area is 105 Å². The highest BCUT2D eigenvalue weighted by Gasteiger charge is 2.50. The number of aliphatic carboxylic acids is 1. The first kappa shape index (κ1) is 12.6. The molecule has 2 rings (SSSR count). The van der Waals surface area contributed by atoms with E-state index in [4.69, 9.17) is 9.84 Å². The number of carboxylic acids is 1. The minimum Gasteiger partial charge on any atom is -0.481 e. The van der Waals surface area contributed by atoms with E-state index in [0.717, 1.165) is 18.4 Å². The maximum absolute atomic E-state index is 11.1. The molecule has 1 aliphatic rings. The highest BCUT2D eigenvalue weighted by molar-refractivity contribution is 5.78. The van der Waals surface area contributed by atoms with E-state index in [1.165, 1.54) is 6.33 Å². The average molecular weight is 251 g/mol. The molecule has 0 saturated heterocycles. The zero-order valence-electron chi connectivity index (χ0n) is 10.6. The number of nitrogens with zero attached hydrogens (tertiary/aromatic N) is 2. The van der Waals surface area contributed by atoms with E-state index in [2.05, 4.69) is 15.3 Å². The van der Waals surface area contributed by atoms with Gasteiger partial charge in [0.05, 0.1) is 17.6 Å². The van der Waals surface area contributed by atoms with Crippen LogP contribution in [0.4, 0.5) is 5.82 Å². The zero-order chi connectivity index (χ0) is 13.2. The Morgan fingerprint density at radius 2 is 2.28 bits per heavy atom. The number of rotatable bonds is 6. The molecule has 0 amide bonds. The highest BCUT2D eigenvalue weighted by Crippen LogP contribution is 2.45. The summed E-state index contributed by atoms with van der Waals surface area (Å²) >= 11 is 0. The third kappa shape index (κ3) is 2.37. The number of carboxylic acid groups (broad SMARTS) is 1. The lowest BCUT2D eigenvalue weighted by atomic mass is 10.1. The summed E-state index contributed by atoms with van der Waals surface area (Å²) in [6, 6.07) is 0. The molecule has 0 radical (unpaired) electrons. The van der Waals surface area contributed by atoms with E-state index in [0.29, 0.717) is 24.8 Å². The van der Waals surface area contributed by atoms with Crippen molar-refractivity contribution in [1.82, 2.24) is 9.97 Å². The molecule has 1 heterocycles. The molecule has 0 atom stereocenters. The second-order valence-corrected chi connectivity index (χ2v) is 4.52.